The van der Waals surface area contributed by atoms with Crippen molar-refractivity contribution >= 4 is 50.7 Å². The van der Waals surface area contributed by atoms with E-state index in [1.807, 2.05) is 18.2 Å². The van der Waals surface area contributed by atoms with Crippen molar-refractivity contribution in [2.24, 2.45) is 0 Å². The molecule has 2 aromatic heterocycles. The molecular weight excluding hydrogens is 460 g/mol. The fourth-order valence-electron chi connectivity index (χ4n) is 4.10. The maximum Gasteiger partial charge on any atom is 0.263 e. The number of aryl methyl sites for hydroxylation is 3. The Bertz CT molecular complexity index is 1340. The maximum atomic E-state index is 13.6. The van der Waals surface area contributed by atoms with Crippen LogP contribution < -0.4 is 5.56 Å². The lowest BCUT2D eigenvalue weighted by Gasteiger charge is -2.12. The summed E-state index contributed by atoms with van der Waals surface area (Å²) >= 11 is 8.90. The van der Waals surface area contributed by atoms with Gasteiger partial charge in [-0.3, -0.25) is 14.2 Å². The summed E-state index contributed by atoms with van der Waals surface area (Å²) in [7, 11) is 0. The fraction of sp³-hybridized carbons (Fsp3) is 0.240. The van der Waals surface area contributed by atoms with Gasteiger partial charge in [0.05, 0.1) is 11.1 Å². The van der Waals surface area contributed by atoms with E-state index in [-0.39, 0.29) is 17.1 Å². The molecule has 0 unspecified atom stereocenters. The van der Waals surface area contributed by atoms with Crippen molar-refractivity contribution in [1.29, 1.82) is 0 Å². The highest BCUT2D eigenvalue weighted by Crippen LogP contribution is 2.35. The number of carbonyl (C=O) groups is 1. The van der Waals surface area contributed by atoms with Gasteiger partial charge in [0.25, 0.3) is 5.56 Å². The molecule has 0 saturated heterocycles. The third-order valence-electron chi connectivity index (χ3n) is 5.76. The van der Waals surface area contributed by atoms with Crippen molar-refractivity contribution in [1.82, 2.24) is 9.55 Å². The molecule has 4 aromatic rings. The van der Waals surface area contributed by atoms with Crippen LogP contribution in [0.3, 0.4) is 0 Å². The summed E-state index contributed by atoms with van der Waals surface area (Å²) < 4.78 is 1.76. The van der Waals surface area contributed by atoms with E-state index in [1.165, 1.54) is 27.8 Å². The lowest BCUT2D eigenvalue weighted by molar-refractivity contribution is 0.102. The lowest BCUT2D eigenvalue weighted by Crippen LogP contribution is -2.25. The smallest absolute Gasteiger partial charge is 0.263 e. The first-order chi connectivity index (χ1) is 15.6. The Labute approximate surface area is 199 Å². The van der Waals surface area contributed by atoms with Gasteiger partial charge in [0.1, 0.15) is 4.83 Å². The third kappa shape index (κ3) is 4.27. The Morgan fingerprint density at radius 2 is 1.88 bits per heavy atom. The van der Waals surface area contributed by atoms with Gasteiger partial charge in [-0.1, -0.05) is 53.7 Å². The minimum absolute atomic E-state index is 0.00991. The first-order valence-electron chi connectivity index (χ1n) is 10.6. The molecule has 0 spiro atoms. The lowest BCUT2D eigenvalue weighted by atomic mass is 10.1. The normalized spacial score (nSPS) is 12.9. The molecular formula is C25H21ClN2O2S2. The van der Waals surface area contributed by atoms with Crippen LogP contribution in [0, 0.1) is 0 Å². The number of benzene rings is 2. The second-order valence-electron chi connectivity index (χ2n) is 7.84. The molecule has 0 atom stereocenters. The van der Waals surface area contributed by atoms with Crippen molar-refractivity contribution in [2.45, 2.75) is 37.4 Å². The van der Waals surface area contributed by atoms with Gasteiger partial charge < -0.3 is 0 Å². The molecule has 162 valence electrons. The van der Waals surface area contributed by atoms with Crippen LogP contribution in [0.4, 0.5) is 0 Å². The Morgan fingerprint density at radius 1 is 1.09 bits per heavy atom. The van der Waals surface area contributed by atoms with Crippen molar-refractivity contribution in [3.05, 3.63) is 91.5 Å². The van der Waals surface area contributed by atoms with Crippen molar-refractivity contribution in [3.8, 4) is 0 Å². The first-order valence-corrected chi connectivity index (χ1v) is 12.8. The van der Waals surface area contributed by atoms with Gasteiger partial charge in [-0.25, -0.2) is 4.98 Å². The van der Waals surface area contributed by atoms with Crippen LogP contribution in [-0.2, 0) is 25.8 Å². The number of thiophene rings is 1. The average Bonchev–Trinajstić information content (AvgIpc) is 3.39. The number of halogens is 1. The van der Waals surface area contributed by atoms with E-state index in [0.717, 1.165) is 35.9 Å². The average molecular weight is 481 g/mol. The van der Waals surface area contributed by atoms with Crippen LogP contribution in [0.15, 0.2) is 64.5 Å². The summed E-state index contributed by atoms with van der Waals surface area (Å²) in [6.45, 7) is 0.536. The Hall–Kier alpha value is -2.41. The number of rotatable bonds is 7. The SMILES string of the molecule is O=C(CSc1nc2sc3c(c2c(=O)n1CCc1ccccc1)CCC3)c1ccc(Cl)cc1. The molecule has 0 saturated carbocycles. The number of thioether (sulfide) groups is 1. The van der Waals surface area contributed by atoms with Gasteiger partial charge in [-0.05, 0) is 61.1 Å². The topological polar surface area (TPSA) is 52.0 Å². The van der Waals surface area contributed by atoms with Crippen LogP contribution in [0.2, 0.25) is 5.02 Å². The highest BCUT2D eigenvalue weighted by atomic mass is 35.5. The number of nitrogens with zero attached hydrogens (tertiary/aromatic N) is 2. The molecule has 0 fully saturated rings. The van der Waals surface area contributed by atoms with Crippen LogP contribution in [0.1, 0.15) is 32.8 Å². The molecule has 7 heteroatoms. The van der Waals surface area contributed by atoms with Gasteiger partial charge >= 0.3 is 0 Å². The number of Topliss-reactive ketones (excluding diaryl/α,β-unsaturated/α-hetero) is 1. The monoisotopic (exact) mass is 480 g/mol. The summed E-state index contributed by atoms with van der Waals surface area (Å²) in [4.78, 5) is 33.2. The highest BCUT2D eigenvalue weighted by Gasteiger charge is 2.23. The molecule has 5 rings (SSSR count). The zero-order valence-corrected chi connectivity index (χ0v) is 19.7. The number of carbonyl (C=O) groups excluding carboxylic acids is 1. The molecule has 0 N–H and O–H groups in total. The van der Waals surface area contributed by atoms with Crippen molar-refractivity contribution < 1.29 is 4.79 Å². The molecule has 0 aliphatic heterocycles. The number of fused-ring (bicyclic) bond motifs is 3. The van der Waals surface area contributed by atoms with E-state index in [2.05, 4.69) is 12.1 Å². The van der Waals surface area contributed by atoms with E-state index >= 15 is 0 Å². The zero-order chi connectivity index (χ0) is 22.1. The summed E-state index contributed by atoms with van der Waals surface area (Å²) in [6, 6.07) is 17.0. The van der Waals surface area contributed by atoms with Crippen molar-refractivity contribution in [2.75, 3.05) is 5.75 Å². The van der Waals surface area contributed by atoms with Gasteiger partial charge in [0.15, 0.2) is 10.9 Å². The number of hydrogen-bond donors (Lipinski definition) is 0. The summed E-state index contributed by atoms with van der Waals surface area (Å²) in [6.07, 6.45) is 3.81. The second-order valence-corrected chi connectivity index (χ2v) is 10.3. The summed E-state index contributed by atoms with van der Waals surface area (Å²) in [5.74, 6) is 0.208. The quantitative estimate of drug-likeness (QED) is 0.190. The number of ketones is 1. The van der Waals surface area contributed by atoms with E-state index in [9.17, 15) is 9.59 Å². The molecule has 0 bridgehead atoms. The molecule has 2 heterocycles. The number of hydrogen-bond acceptors (Lipinski definition) is 5. The molecule has 1 aliphatic rings. The predicted molar refractivity (Wildman–Crippen MR) is 133 cm³/mol. The zero-order valence-electron chi connectivity index (χ0n) is 17.3. The van der Waals surface area contributed by atoms with Crippen LogP contribution in [0.25, 0.3) is 10.2 Å². The van der Waals surface area contributed by atoms with E-state index < -0.39 is 0 Å². The van der Waals surface area contributed by atoms with Gasteiger partial charge in [-0.2, -0.15) is 0 Å². The van der Waals surface area contributed by atoms with Gasteiger partial charge in [-0.15, -0.1) is 11.3 Å². The maximum absolute atomic E-state index is 13.6. The molecule has 0 amide bonds. The molecule has 0 radical (unpaired) electrons. The minimum Gasteiger partial charge on any atom is -0.293 e. The van der Waals surface area contributed by atoms with Gasteiger partial charge in [0.2, 0.25) is 0 Å². The second kappa shape index (κ2) is 9.22. The van der Waals surface area contributed by atoms with E-state index in [4.69, 9.17) is 16.6 Å². The molecule has 32 heavy (non-hydrogen) atoms. The standard InChI is InChI=1S/C25H21ClN2O2S2/c26-18-11-9-17(10-12-18)20(29)15-31-25-27-23-22(19-7-4-8-21(19)32-23)24(30)28(25)14-13-16-5-2-1-3-6-16/h1-3,5-6,9-12H,4,7-8,13-15H2. The summed E-state index contributed by atoms with van der Waals surface area (Å²) in [5.41, 5.74) is 2.98. The Morgan fingerprint density at radius 3 is 2.66 bits per heavy atom. The minimum atomic E-state index is -0.00991. The highest BCUT2D eigenvalue weighted by molar-refractivity contribution is 7.99. The van der Waals surface area contributed by atoms with Crippen molar-refractivity contribution in [3.63, 3.8) is 0 Å². The van der Waals surface area contributed by atoms with Crippen LogP contribution in [-0.4, -0.2) is 21.1 Å². The van der Waals surface area contributed by atoms with E-state index in [0.29, 0.717) is 22.3 Å². The Kier molecular flexibility index (Phi) is 6.17. The summed E-state index contributed by atoms with van der Waals surface area (Å²) in [5, 5.41) is 1.99. The molecule has 4 nitrogen and oxygen atoms in total. The fourth-order valence-corrected chi connectivity index (χ4v) is 6.45. The molecule has 2 aromatic carbocycles. The van der Waals surface area contributed by atoms with Gasteiger partial charge in [0, 0.05) is 22.0 Å². The largest absolute Gasteiger partial charge is 0.293 e. The third-order valence-corrected chi connectivity index (χ3v) is 8.17. The van der Waals surface area contributed by atoms with Crippen LogP contribution >= 0.6 is 34.7 Å². The predicted octanol–water partition coefficient (Wildman–Crippen LogP) is 5.82. The molecule has 1 aliphatic carbocycles. The Balaban J connectivity index is 1.47. The van der Waals surface area contributed by atoms with Crippen LogP contribution in [0.5, 0.6) is 0 Å². The van der Waals surface area contributed by atoms with E-state index in [1.54, 1.807) is 40.2 Å². The first kappa shape index (κ1) is 21.4. The number of aromatic nitrogens is 2.